The van der Waals surface area contributed by atoms with Crippen molar-refractivity contribution in [2.45, 2.75) is 13.0 Å². The van der Waals surface area contributed by atoms with Gasteiger partial charge in [-0.25, -0.2) is 4.79 Å². The number of hydrogen-bond acceptors (Lipinski definition) is 6. The molecule has 0 spiro atoms. The van der Waals surface area contributed by atoms with Gasteiger partial charge in [-0.2, -0.15) is 5.10 Å². The number of nitro benzene ring substituents is 1. The predicted octanol–water partition coefficient (Wildman–Crippen LogP) is 1.97. The van der Waals surface area contributed by atoms with Crippen molar-refractivity contribution >= 4 is 11.7 Å². The van der Waals surface area contributed by atoms with E-state index in [2.05, 4.69) is 5.10 Å². The van der Waals surface area contributed by atoms with Gasteiger partial charge in [0, 0.05) is 12.4 Å². The van der Waals surface area contributed by atoms with Crippen LogP contribution in [-0.4, -0.2) is 27.8 Å². The molecule has 0 saturated heterocycles. The van der Waals surface area contributed by atoms with Crippen molar-refractivity contribution in [2.24, 2.45) is 0 Å². The molecule has 1 heterocycles. The lowest BCUT2D eigenvalue weighted by Gasteiger charge is -2.12. The van der Waals surface area contributed by atoms with Crippen LogP contribution in [0.25, 0.3) is 0 Å². The Kier molecular flexibility index (Phi) is 4.17. The first-order valence-electron chi connectivity index (χ1n) is 6.06. The lowest BCUT2D eigenvalue weighted by molar-refractivity contribution is -0.385. The summed E-state index contributed by atoms with van der Waals surface area (Å²) in [6.07, 6.45) is 3.13. The molecule has 1 aromatic heterocycles. The summed E-state index contributed by atoms with van der Waals surface area (Å²) in [5.74, 6) is -0.474. The van der Waals surface area contributed by atoms with Crippen molar-refractivity contribution in [2.75, 3.05) is 7.11 Å². The van der Waals surface area contributed by atoms with E-state index in [-0.39, 0.29) is 11.4 Å². The van der Waals surface area contributed by atoms with E-state index in [4.69, 9.17) is 9.47 Å². The third kappa shape index (κ3) is 3.16. The predicted molar refractivity (Wildman–Crippen MR) is 72.2 cm³/mol. The van der Waals surface area contributed by atoms with Crippen molar-refractivity contribution < 1.29 is 19.2 Å². The van der Waals surface area contributed by atoms with E-state index in [9.17, 15) is 14.9 Å². The topological polar surface area (TPSA) is 96.5 Å². The number of nitrogens with zero attached hydrogens (tertiary/aromatic N) is 3. The highest BCUT2D eigenvalue weighted by Crippen LogP contribution is 2.31. The SMILES string of the molecule is COc1ccc(OC(=O)C(C)n2cccn2)c([N+](=O)[O-])c1. The Bertz CT molecular complexity index is 654. The van der Waals surface area contributed by atoms with E-state index in [0.717, 1.165) is 0 Å². The number of carbonyl (C=O) groups excluding carboxylic acids is 1. The minimum atomic E-state index is -0.693. The number of nitro groups is 1. The standard InChI is InChI=1S/C13H13N3O5/c1-9(15-7-3-6-14-15)13(17)21-12-5-4-10(20-2)8-11(12)16(18)19/h3-9H,1-2H3. The van der Waals surface area contributed by atoms with Crippen molar-refractivity contribution in [1.82, 2.24) is 9.78 Å². The maximum Gasteiger partial charge on any atom is 0.336 e. The number of benzene rings is 1. The number of methoxy groups -OCH3 is 1. The molecule has 110 valence electrons. The van der Waals surface area contributed by atoms with Crippen LogP contribution < -0.4 is 9.47 Å². The highest BCUT2D eigenvalue weighted by Gasteiger charge is 2.23. The van der Waals surface area contributed by atoms with Crippen molar-refractivity contribution in [3.63, 3.8) is 0 Å². The first kappa shape index (κ1) is 14.5. The van der Waals surface area contributed by atoms with Crippen LogP contribution in [0.2, 0.25) is 0 Å². The van der Waals surface area contributed by atoms with E-state index < -0.39 is 16.9 Å². The molecule has 0 amide bonds. The normalized spacial score (nSPS) is 11.7. The van der Waals surface area contributed by atoms with E-state index in [1.54, 1.807) is 19.2 Å². The molecule has 0 aliphatic carbocycles. The highest BCUT2D eigenvalue weighted by atomic mass is 16.6. The van der Waals surface area contributed by atoms with Crippen LogP contribution in [0.3, 0.4) is 0 Å². The zero-order valence-electron chi connectivity index (χ0n) is 11.4. The lowest BCUT2D eigenvalue weighted by Crippen LogP contribution is -2.22. The Hall–Kier alpha value is -2.90. The molecule has 8 nitrogen and oxygen atoms in total. The molecule has 1 unspecified atom stereocenters. The molecular weight excluding hydrogens is 278 g/mol. The molecule has 0 fully saturated rings. The van der Waals surface area contributed by atoms with Gasteiger partial charge in [0.2, 0.25) is 5.75 Å². The maximum absolute atomic E-state index is 12.0. The van der Waals surface area contributed by atoms with Crippen LogP contribution in [-0.2, 0) is 4.79 Å². The van der Waals surface area contributed by atoms with Gasteiger partial charge >= 0.3 is 11.7 Å². The second-order valence-corrected chi connectivity index (χ2v) is 4.17. The average molecular weight is 291 g/mol. The third-order valence-electron chi connectivity index (χ3n) is 2.84. The van der Waals surface area contributed by atoms with Crippen LogP contribution in [0.5, 0.6) is 11.5 Å². The van der Waals surface area contributed by atoms with Gasteiger partial charge in [0.25, 0.3) is 0 Å². The number of esters is 1. The summed E-state index contributed by atoms with van der Waals surface area (Å²) in [5, 5.41) is 14.9. The average Bonchev–Trinajstić information content (AvgIpc) is 3.00. The number of aromatic nitrogens is 2. The Labute approximate surface area is 120 Å². The van der Waals surface area contributed by atoms with Crippen molar-refractivity contribution in [3.8, 4) is 11.5 Å². The van der Waals surface area contributed by atoms with Gasteiger partial charge in [0.15, 0.2) is 0 Å². The van der Waals surface area contributed by atoms with Gasteiger partial charge in [-0.05, 0) is 25.1 Å². The highest BCUT2D eigenvalue weighted by molar-refractivity contribution is 5.77. The molecule has 21 heavy (non-hydrogen) atoms. The molecule has 0 radical (unpaired) electrons. The summed E-state index contributed by atoms with van der Waals surface area (Å²) in [5.41, 5.74) is -0.338. The molecule has 0 saturated carbocycles. The van der Waals surface area contributed by atoms with Gasteiger partial charge in [0.1, 0.15) is 11.8 Å². The van der Waals surface area contributed by atoms with Gasteiger partial charge < -0.3 is 9.47 Å². The molecular formula is C13H13N3O5. The fourth-order valence-corrected chi connectivity index (χ4v) is 1.66. The number of ether oxygens (including phenoxy) is 2. The van der Waals surface area contributed by atoms with Crippen molar-refractivity contribution in [1.29, 1.82) is 0 Å². The summed E-state index contributed by atoms with van der Waals surface area (Å²) in [7, 11) is 1.39. The fraction of sp³-hybridized carbons (Fsp3) is 0.231. The summed E-state index contributed by atoms with van der Waals surface area (Å²) < 4.78 is 11.4. The largest absolute Gasteiger partial charge is 0.496 e. The van der Waals surface area contributed by atoms with E-state index >= 15 is 0 Å². The molecule has 0 N–H and O–H groups in total. The first-order valence-corrected chi connectivity index (χ1v) is 6.06. The maximum atomic E-state index is 12.0. The first-order chi connectivity index (χ1) is 10.0. The molecule has 0 bridgehead atoms. The Morgan fingerprint density at radius 1 is 1.48 bits per heavy atom. The summed E-state index contributed by atoms with van der Waals surface area (Å²) in [6.45, 7) is 1.59. The second kappa shape index (κ2) is 6.04. The van der Waals surface area contributed by atoms with Gasteiger partial charge in [-0.15, -0.1) is 0 Å². The lowest BCUT2D eigenvalue weighted by atomic mass is 10.2. The Morgan fingerprint density at radius 3 is 2.81 bits per heavy atom. The Morgan fingerprint density at radius 2 is 2.24 bits per heavy atom. The van der Waals surface area contributed by atoms with Crippen LogP contribution in [0.4, 0.5) is 5.69 Å². The van der Waals surface area contributed by atoms with Crippen LogP contribution in [0.1, 0.15) is 13.0 Å². The second-order valence-electron chi connectivity index (χ2n) is 4.17. The zero-order chi connectivity index (χ0) is 15.4. The molecule has 2 rings (SSSR count). The van der Waals surface area contributed by atoms with Gasteiger partial charge in [-0.1, -0.05) is 0 Å². The molecule has 0 aliphatic rings. The van der Waals surface area contributed by atoms with E-state index in [1.165, 1.54) is 36.2 Å². The molecule has 0 aliphatic heterocycles. The molecule has 1 atom stereocenters. The fourth-order valence-electron chi connectivity index (χ4n) is 1.66. The minimum Gasteiger partial charge on any atom is -0.496 e. The van der Waals surface area contributed by atoms with Crippen LogP contribution in [0, 0.1) is 10.1 Å². The van der Waals surface area contributed by atoms with Crippen molar-refractivity contribution in [3.05, 3.63) is 46.8 Å². The molecule has 1 aromatic carbocycles. The number of carbonyl (C=O) groups is 1. The quantitative estimate of drug-likeness (QED) is 0.361. The zero-order valence-corrected chi connectivity index (χ0v) is 11.4. The summed E-state index contributed by atoms with van der Waals surface area (Å²) >= 11 is 0. The van der Waals surface area contributed by atoms with Crippen LogP contribution in [0.15, 0.2) is 36.7 Å². The minimum absolute atomic E-state index is 0.134. The number of rotatable bonds is 5. The van der Waals surface area contributed by atoms with Gasteiger partial charge in [-0.3, -0.25) is 14.8 Å². The molecule has 8 heteroatoms. The van der Waals surface area contributed by atoms with E-state index in [1.807, 2.05) is 0 Å². The summed E-state index contributed by atoms with van der Waals surface area (Å²) in [6, 6.07) is 4.97. The van der Waals surface area contributed by atoms with E-state index in [0.29, 0.717) is 5.75 Å². The smallest absolute Gasteiger partial charge is 0.336 e. The monoisotopic (exact) mass is 291 g/mol. The van der Waals surface area contributed by atoms with Gasteiger partial charge in [0.05, 0.1) is 18.1 Å². The Balaban J connectivity index is 2.23. The summed E-state index contributed by atoms with van der Waals surface area (Å²) in [4.78, 5) is 22.4. The third-order valence-corrected chi connectivity index (χ3v) is 2.84. The van der Waals surface area contributed by atoms with Crippen LogP contribution >= 0.6 is 0 Å². The number of hydrogen-bond donors (Lipinski definition) is 0. The molecule has 2 aromatic rings.